The van der Waals surface area contributed by atoms with Crippen molar-refractivity contribution < 1.29 is 26.7 Å². The zero-order chi connectivity index (χ0) is 22.0. The van der Waals surface area contributed by atoms with Crippen LogP contribution in [-0.4, -0.2) is 31.7 Å². The highest BCUT2D eigenvalue weighted by Gasteiger charge is 2.11. The molecule has 180 valence electrons. The van der Waals surface area contributed by atoms with Crippen LogP contribution < -0.4 is 6.15 Å². The number of unbranched alkanes of at least 4 members (excludes halogenated alkanes) is 8. The summed E-state index contributed by atoms with van der Waals surface area (Å²) in [7, 11) is -4.66. The van der Waals surface area contributed by atoms with E-state index in [0.717, 1.165) is 64.2 Å². The number of rotatable bonds is 19. The van der Waals surface area contributed by atoms with Gasteiger partial charge in [0.15, 0.2) is 0 Å². The highest BCUT2D eigenvalue weighted by Crippen LogP contribution is 2.15. The Kier molecular flexibility index (Phi) is 20.8. The van der Waals surface area contributed by atoms with Gasteiger partial charge >= 0.3 is 5.97 Å². The van der Waals surface area contributed by atoms with Gasteiger partial charge in [0, 0.05) is 6.42 Å². The van der Waals surface area contributed by atoms with Crippen LogP contribution in [0.4, 0.5) is 0 Å². The lowest BCUT2D eigenvalue weighted by Gasteiger charge is -2.17. The lowest BCUT2D eigenvalue weighted by molar-refractivity contribution is -0.144. The van der Waals surface area contributed by atoms with Crippen molar-refractivity contribution >= 4 is 16.4 Å². The van der Waals surface area contributed by atoms with Crippen molar-refractivity contribution in [1.82, 2.24) is 6.15 Å². The minimum atomic E-state index is -4.66. The molecular formula is C22H45NO6S. The first-order valence-electron chi connectivity index (χ1n) is 11.2. The van der Waals surface area contributed by atoms with E-state index >= 15 is 0 Å². The zero-order valence-electron chi connectivity index (χ0n) is 19.6. The summed E-state index contributed by atoms with van der Waals surface area (Å²) in [5.41, 5.74) is 0. The summed E-state index contributed by atoms with van der Waals surface area (Å²) in [5.74, 6) is 0.271. The van der Waals surface area contributed by atoms with Crippen molar-refractivity contribution in [3.63, 3.8) is 0 Å². The molecule has 4 N–H and O–H groups in total. The minimum absolute atomic E-state index is 0. The smallest absolute Gasteiger partial charge is 0.305 e. The number of quaternary nitrogens is 1. The number of ether oxygens (including phenoxy) is 1. The first-order chi connectivity index (χ1) is 13.7. The average molecular weight is 452 g/mol. The first-order valence-corrected chi connectivity index (χ1v) is 12.5. The zero-order valence-corrected chi connectivity index (χ0v) is 20.4. The molecule has 0 amide bonds. The van der Waals surface area contributed by atoms with Gasteiger partial charge in [-0.2, -0.15) is 0 Å². The standard InChI is InChI=1S/C22H42O6S.H3N/c1-4-5-6-13-16-21(28-29(24,25)26)17-14-11-9-7-8-10-12-15-18-22(23)27-19-20(2)3;/h11,14,20-21H,4-10,12-13,15-19H2,1-3H3,(H,24,25,26);1H3/b14-11-;/t21-;/m1./s1. The van der Waals surface area contributed by atoms with E-state index in [-0.39, 0.29) is 12.1 Å². The molecule has 0 saturated heterocycles. The third-order valence-corrected chi connectivity index (χ3v) is 5.04. The van der Waals surface area contributed by atoms with Crippen LogP contribution in [0.1, 0.15) is 104 Å². The summed E-state index contributed by atoms with van der Waals surface area (Å²) < 4.78 is 42.4. The molecule has 0 spiro atoms. The Morgan fingerprint density at radius 1 is 0.967 bits per heavy atom. The van der Waals surface area contributed by atoms with Crippen LogP contribution in [0.3, 0.4) is 0 Å². The molecule has 30 heavy (non-hydrogen) atoms. The molecule has 0 aromatic heterocycles. The van der Waals surface area contributed by atoms with Crippen LogP contribution in [0.5, 0.6) is 0 Å². The Balaban J connectivity index is 0. The molecule has 0 rings (SSSR count). The fraction of sp³-hybridized carbons (Fsp3) is 0.864. The monoisotopic (exact) mass is 451 g/mol. The second-order valence-corrected chi connectivity index (χ2v) is 9.08. The molecule has 0 radical (unpaired) electrons. The maximum Gasteiger partial charge on any atom is 0.305 e. The average Bonchev–Trinajstić information content (AvgIpc) is 2.63. The summed E-state index contributed by atoms with van der Waals surface area (Å²) in [5, 5.41) is 0. The molecule has 0 heterocycles. The summed E-state index contributed by atoms with van der Waals surface area (Å²) in [6, 6.07) is 0. The number of hydrogen-bond acceptors (Lipinski definition) is 6. The van der Waals surface area contributed by atoms with E-state index in [1.54, 1.807) is 0 Å². The predicted molar refractivity (Wildman–Crippen MR) is 121 cm³/mol. The van der Waals surface area contributed by atoms with Gasteiger partial charge < -0.3 is 15.4 Å². The number of carbonyl (C=O) groups is 1. The Morgan fingerprint density at radius 3 is 2.23 bits per heavy atom. The summed E-state index contributed by atoms with van der Waals surface area (Å²) in [4.78, 5) is 11.5. The number of carbonyl (C=O) groups excluding carboxylic acids is 1. The third kappa shape index (κ3) is 23.3. The highest BCUT2D eigenvalue weighted by molar-refractivity contribution is 7.80. The molecule has 7 nitrogen and oxygen atoms in total. The van der Waals surface area contributed by atoms with E-state index in [1.807, 2.05) is 26.0 Å². The topological polar surface area (TPSA) is 129 Å². The van der Waals surface area contributed by atoms with Gasteiger partial charge in [-0.1, -0.05) is 77.9 Å². The Morgan fingerprint density at radius 2 is 1.60 bits per heavy atom. The quantitative estimate of drug-likeness (QED) is 0.0835. The van der Waals surface area contributed by atoms with E-state index in [4.69, 9.17) is 4.74 Å². The van der Waals surface area contributed by atoms with Gasteiger partial charge in [-0.3, -0.25) is 8.98 Å². The van der Waals surface area contributed by atoms with Gasteiger partial charge in [-0.05, 0) is 38.0 Å². The van der Waals surface area contributed by atoms with Gasteiger partial charge in [0.05, 0.1) is 12.7 Å². The summed E-state index contributed by atoms with van der Waals surface area (Å²) in [6.45, 7) is 6.65. The lowest BCUT2D eigenvalue weighted by Crippen LogP contribution is -2.17. The number of allylic oxidation sites excluding steroid dienone is 1. The van der Waals surface area contributed by atoms with E-state index in [2.05, 4.69) is 11.1 Å². The fourth-order valence-corrected chi connectivity index (χ4v) is 3.44. The number of esters is 1. The van der Waals surface area contributed by atoms with Crippen molar-refractivity contribution in [1.29, 1.82) is 0 Å². The van der Waals surface area contributed by atoms with Gasteiger partial charge in [0.2, 0.25) is 10.4 Å². The van der Waals surface area contributed by atoms with Gasteiger partial charge in [-0.25, -0.2) is 8.42 Å². The summed E-state index contributed by atoms with van der Waals surface area (Å²) in [6.07, 6.45) is 15.1. The first kappa shape index (κ1) is 31.2. The Labute approximate surface area is 184 Å². The summed E-state index contributed by atoms with van der Waals surface area (Å²) >= 11 is 0. The minimum Gasteiger partial charge on any atom is -0.726 e. The van der Waals surface area contributed by atoms with Gasteiger partial charge in [0.1, 0.15) is 0 Å². The molecule has 0 unspecified atom stereocenters. The number of hydrogen-bond donors (Lipinski definition) is 1. The molecular weight excluding hydrogens is 406 g/mol. The lowest BCUT2D eigenvalue weighted by atomic mass is 10.1. The largest absolute Gasteiger partial charge is 0.726 e. The maximum atomic E-state index is 11.5. The second kappa shape index (κ2) is 20.0. The van der Waals surface area contributed by atoms with E-state index in [9.17, 15) is 17.8 Å². The van der Waals surface area contributed by atoms with Gasteiger partial charge in [-0.15, -0.1) is 0 Å². The molecule has 0 bridgehead atoms. The normalized spacial score (nSPS) is 12.8. The van der Waals surface area contributed by atoms with Crippen molar-refractivity contribution in [2.75, 3.05) is 6.61 Å². The third-order valence-electron chi connectivity index (χ3n) is 4.53. The van der Waals surface area contributed by atoms with Crippen LogP contribution >= 0.6 is 0 Å². The van der Waals surface area contributed by atoms with Crippen LogP contribution in [0.15, 0.2) is 12.2 Å². The van der Waals surface area contributed by atoms with Crippen LogP contribution in [0.2, 0.25) is 0 Å². The SMILES string of the molecule is CCCCCC[C@H](C/C=C\CCCCCCCC(=O)OCC(C)C)OS(=O)(=O)[O-].[NH4+]. The van der Waals surface area contributed by atoms with Gasteiger partial charge in [0.25, 0.3) is 0 Å². The molecule has 8 heteroatoms. The molecule has 1 atom stereocenters. The maximum absolute atomic E-state index is 11.5. The van der Waals surface area contributed by atoms with E-state index < -0.39 is 16.5 Å². The molecule has 0 aromatic carbocycles. The molecule has 0 aliphatic carbocycles. The Bertz CT molecular complexity index is 534. The molecule has 0 saturated carbocycles. The predicted octanol–water partition coefficient (Wildman–Crippen LogP) is 6.05. The van der Waals surface area contributed by atoms with Crippen molar-refractivity contribution in [3.8, 4) is 0 Å². The molecule has 0 aliphatic rings. The molecule has 0 aromatic rings. The van der Waals surface area contributed by atoms with E-state index in [0.29, 0.717) is 31.8 Å². The van der Waals surface area contributed by atoms with Crippen molar-refractivity contribution in [3.05, 3.63) is 12.2 Å². The Hall–Kier alpha value is -0.960. The van der Waals surface area contributed by atoms with Crippen molar-refractivity contribution in [2.45, 2.75) is 110 Å². The van der Waals surface area contributed by atoms with Crippen LogP contribution in [0, 0.1) is 5.92 Å². The van der Waals surface area contributed by atoms with Crippen LogP contribution in [0.25, 0.3) is 0 Å². The highest BCUT2D eigenvalue weighted by atomic mass is 32.3. The van der Waals surface area contributed by atoms with Crippen LogP contribution in [-0.2, 0) is 24.1 Å². The van der Waals surface area contributed by atoms with Crippen molar-refractivity contribution in [2.24, 2.45) is 5.92 Å². The molecule has 0 fully saturated rings. The molecule has 0 aliphatic heterocycles. The second-order valence-electron chi connectivity index (χ2n) is 8.07. The van der Waals surface area contributed by atoms with E-state index in [1.165, 1.54) is 0 Å². The fourth-order valence-electron chi connectivity index (χ4n) is 2.93.